The number of carbonyl (C=O) groups is 2. The van der Waals surface area contributed by atoms with E-state index in [1.165, 1.54) is 7.11 Å². The molecule has 0 fully saturated rings. The normalized spacial score (nSPS) is 11.8. The molecule has 2 N–H and O–H groups in total. The van der Waals surface area contributed by atoms with Crippen molar-refractivity contribution in [1.29, 1.82) is 0 Å². The third-order valence-corrected chi connectivity index (χ3v) is 2.19. The summed E-state index contributed by atoms with van der Waals surface area (Å²) in [5.41, 5.74) is 0.859. The zero-order chi connectivity index (χ0) is 12.7. The van der Waals surface area contributed by atoms with Gasteiger partial charge in [-0.25, -0.2) is 4.79 Å². The van der Waals surface area contributed by atoms with Crippen LogP contribution in [-0.4, -0.2) is 36.7 Å². The van der Waals surface area contributed by atoms with Crippen LogP contribution in [0.5, 0.6) is 0 Å². The number of hydrogen-bond donors (Lipinski definition) is 2. The summed E-state index contributed by atoms with van der Waals surface area (Å²) < 4.78 is 4.63. The molecule has 0 heterocycles. The lowest BCUT2D eigenvalue weighted by Crippen LogP contribution is -2.43. The first-order chi connectivity index (χ1) is 8.13. The van der Waals surface area contributed by atoms with Crippen LogP contribution in [0.25, 0.3) is 0 Å². The van der Waals surface area contributed by atoms with E-state index in [-0.39, 0.29) is 13.0 Å². The van der Waals surface area contributed by atoms with E-state index < -0.39 is 17.9 Å². The molecule has 0 radical (unpaired) electrons. The van der Waals surface area contributed by atoms with Gasteiger partial charge in [0.25, 0.3) is 0 Å². The number of amides is 1. The molecule has 0 aliphatic carbocycles. The fourth-order valence-electron chi connectivity index (χ4n) is 1.42. The predicted octanol–water partition coefficient (Wildman–Crippen LogP) is 0.445. The molecule has 1 rings (SSSR count). The van der Waals surface area contributed by atoms with Gasteiger partial charge in [0.2, 0.25) is 5.91 Å². The number of carboxylic acids is 1. The lowest BCUT2D eigenvalue weighted by Gasteiger charge is -2.14. The number of hydrogen-bond acceptors (Lipinski definition) is 3. The summed E-state index contributed by atoms with van der Waals surface area (Å²) in [6, 6.07) is 8.20. The van der Waals surface area contributed by atoms with E-state index >= 15 is 0 Å². The number of carboxylic acid groups (broad SMARTS) is 1. The van der Waals surface area contributed by atoms with Gasteiger partial charge in [-0.05, 0) is 5.56 Å². The van der Waals surface area contributed by atoms with E-state index in [1.807, 2.05) is 30.3 Å². The molecule has 5 nitrogen and oxygen atoms in total. The van der Waals surface area contributed by atoms with Gasteiger partial charge in [-0.3, -0.25) is 4.79 Å². The number of ether oxygens (including phenoxy) is 1. The Kier molecular flexibility index (Phi) is 5.16. The molecular formula is C12H15NO4. The van der Waals surface area contributed by atoms with E-state index in [9.17, 15) is 9.59 Å². The molecule has 92 valence electrons. The Labute approximate surface area is 99.4 Å². The van der Waals surface area contributed by atoms with Gasteiger partial charge in [-0.1, -0.05) is 30.3 Å². The van der Waals surface area contributed by atoms with Crippen molar-refractivity contribution in [2.45, 2.75) is 12.5 Å². The molecule has 0 spiro atoms. The first kappa shape index (κ1) is 13.2. The highest BCUT2D eigenvalue weighted by Gasteiger charge is 2.19. The van der Waals surface area contributed by atoms with E-state index in [4.69, 9.17) is 5.11 Å². The Balaban J connectivity index is 2.61. The van der Waals surface area contributed by atoms with E-state index in [1.54, 1.807) is 0 Å². The molecule has 0 aliphatic rings. The molecule has 1 atom stereocenters. The largest absolute Gasteiger partial charge is 0.480 e. The molecule has 1 aromatic rings. The number of aliphatic carboxylic acids is 1. The van der Waals surface area contributed by atoms with Crippen LogP contribution in [0.3, 0.4) is 0 Å². The summed E-state index contributed by atoms with van der Waals surface area (Å²) >= 11 is 0. The quantitative estimate of drug-likeness (QED) is 0.753. The van der Waals surface area contributed by atoms with Gasteiger partial charge in [0, 0.05) is 13.5 Å². The highest BCUT2D eigenvalue weighted by atomic mass is 16.5. The van der Waals surface area contributed by atoms with Gasteiger partial charge in [0.15, 0.2) is 0 Å². The van der Waals surface area contributed by atoms with Crippen LogP contribution in [0, 0.1) is 0 Å². The molecule has 0 aliphatic heterocycles. The fourth-order valence-corrected chi connectivity index (χ4v) is 1.42. The topological polar surface area (TPSA) is 75.6 Å². The van der Waals surface area contributed by atoms with Gasteiger partial charge < -0.3 is 15.2 Å². The van der Waals surface area contributed by atoms with Gasteiger partial charge >= 0.3 is 5.97 Å². The Morgan fingerprint density at radius 1 is 1.35 bits per heavy atom. The number of benzene rings is 1. The first-order valence-electron chi connectivity index (χ1n) is 5.18. The Hall–Kier alpha value is -1.88. The number of methoxy groups -OCH3 is 1. The second-order valence-corrected chi connectivity index (χ2v) is 3.58. The van der Waals surface area contributed by atoms with Crippen molar-refractivity contribution in [1.82, 2.24) is 5.32 Å². The average Bonchev–Trinajstić information content (AvgIpc) is 2.29. The van der Waals surface area contributed by atoms with Crippen molar-refractivity contribution in [2.75, 3.05) is 13.7 Å². The van der Waals surface area contributed by atoms with Crippen LogP contribution in [0.1, 0.15) is 5.56 Å². The van der Waals surface area contributed by atoms with Gasteiger partial charge in [0.05, 0.1) is 0 Å². The maximum Gasteiger partial charge on any atom is 0.326 e. The molecule has 1 amide bonds. The lowest BCUT2D eigenvalue weighted by molar-refractivity contribution is -0.142. The van der Waals surface area contributed by atoms with Crippen molar-refractivity contribution in [3.05, 3.63) is 35.9 Å². The second kappa shape index (κ2) is 6.65. The summed E-state index contributed by atoms with van der Waals surface area (Å²) in [5, 5.41) is 11.4. The minimum absolute atomic E-state index is 0.140. The lowest BCUT2D eigenvalue weighted by atomic mass is 10.1. The van der Waals surface area contributed by atoms with Crippen LogP contribution >= 0.6 is 0 Å². The average molecular weight is 237 g/mol. The maximum absolute atomic E-state index is 11.2. The Bertz CT molecular complexity index is 377. The monoisotopic (exact) mass is 237 g/mol. The highest BCUT2D eigenvalue weighted by Crippen LogP contribution is 2.03. The van der Waals surface area contributed by atoms with Crippen molar-refractivity contribution < 1.29 is 19.4 Å². The molecule has 5 heteroatoms. The standard InChI is InChI=1S/C12H15NO4/c1-17-8-11(14)13-10(12(15)16)7-9-5-3-2-4-6-9/h2-6,10H,7-8H2,1H3,(H,13,14)(H,15,16)/t10-/m0/s1. The van der Waals surface area contributed by atoms with Crippen molar-refractivity contribution in [3.8, 4) is 0 Å². The summed E-state index contributed by atoms with van der Waals surface area (Å²) in [5.74, 6) is -1.49. The zero-order valence-corrected chi connectivity index (χ0v) is 9.55. The second-order valence-electron chi connectivity index (χ2n) is 3.58. The highest BCUT2D eigenvalue weighted by molar-refractivity contribution is 5.84. The van der Waals surface area contributed by atoms with Gasteiger partial charge in [-0.15, -0.1) is 0 Å². The van der Waals surface area contributed by atoms with Crippen molar-refractivity contribution >= 4 is 11.9 Å². The van der Waals surface area contributed by atoms with E-state index in [2.05, 4.69) is 10.1 Å². The van der Waals surface area contributed by atoms with E-state index in [0.29, 0.717) is 0 Å². The molecule has 0 aromatic heterocycles. The van der Waals surface area contributed by atoms with Crippen LogP contribution in [0.4, 0.5) is 0 Å². The summed E-state index contributed by atoms with van der Waals surface area (Å²) in [7, 11) is 1.38. The van der Waals surface area contributed by atoms with E-state index in [0.717, 1.165) is 5.56 Å². The fraction of sp³-hybridized carbons (Fsp3) is 0.333. The Morgan fingerprint density at radius 2 is 2.00 bits per heavy atom. The summed E-state index contributed by atoms with van der Waals surface area (Å²) in [6.45, 7) is -0.140. The molecule has 1 aromatic carbocycles. The summed E-state index contributed by atoms with van der Waals surface area (Å²) in [4.78, 5) is 22.2. The predicted molar refractivity (Wildman–Crippen MR) is 61.6 cm³/mol. The van der Waals surface area contributed by atoms with Crippen LogP contribution in [0.15, 0.2) is 30.3 Å². The molecule has 0 bridgehead atoms. The van der Waals surface area contributed by atoms with Crippen LogP contribution < -0.4 is 5.32 Å². The van der Waals surface area contributed by atoms with Crippen molar-refractivity contribution in [2.24, 2.45) is 0 Å². The van der Waals surface area contributed by atoms with Crippen molar-refractivity contribution in [3.63, 3.8) is 0 Å². The number of rotatable bonds is 6. The third-order valence-electron chi connectivity index (χ3n) is 2.19. The zero-order valence-electron chi connectivity index (χ0n) is 9.55. The minimum Gasteiger partial charge on any atom is -0.480 e. The number of carbonyl (C=O) groups excluding carboxylic acids is 1. The van der Waals surface area contributed by atoms with Gasteiger partial charge in [0.1, 0.15) is 12.6 Å². The molecule has 17 heavy (non-hydrogen) atoms. The Morgan fingerprint density at radius 3 is 2.53 bits per heavy atom. The number of nitrogens with one attached hydrogen (secondary N) is 1. The minimum atomic E-state index is -1.06. The summed E-state index contributed by atoms with van der Waals surface area (Å²) in [6.07, 6.45) is 0.256. The smallest absolute Gasteiger partial charge is 0.326 e. The first-order valence-corrected chi connectivity index (χ1v) is 5.18. The molecule has 0 saturated carbocycles. The SMILES string of the molecule is COCC(=O)N[C@@H](Cc1ccccc1)C(=O)O. The molecule has 0 unspecified atom stereocenters. The van der Waals surface area contributed by atoms with Crippen LogP contribution in [-0.2, 0) is 20.7 Å². The third kappa shape index (κ3) is 4.65. The molecular weight excluding hydrogens is 222 g/mol. The molecule has 0 saturated heterocycles. The van der Waals surface area contributed by atoms with Gasteiger partial charge in [-0.2, -0.15) is 0 Å². The maximum atomic E-state index is 11.2. The van der Waals surface area contributed by atoms with Crippen LogP contribution in [0.2, 0.25) is 0 Å².